The van der Waals surface area contributed by atoms with Crippen LogP contribution in [-0.4, -0.2) is 106 Å². The van der Waals surface area contributed by atoms with Gasteiger partial charge in [-0.25, -0.2) is 19.6 Å². The molecule has 0 bridgehead atoms. The Morgan fingerprint density at radius 3 is 1.95 bits per heavy atom. The number of nitrogens with zero attached hydrogens (tertiary/aromatic N) is 4. The second-order valence-corrected chi connectivity index (χ2v) is 17.0. The standard InChI is InChI=1S/C49H52N8O8/c1-29(2)41(54-47(60)62-3)45(58)57-28-49(64-21-22-65-49)25-40(57)44-51-27-38(53-44)36-19-18-34-23-33(16-17-35(34)24-36)30-12-14-31(15-13-30)37-26-50-43(52-37)39-11-8-20-56(39)46(59)42(55-48(61)63-4)32-9-6-5-7-10-32/h5-7,9-10,12-19,23-24,26-27,29,39-42H,8,11,20-22,25,28H2,1-4H3,(H,50,52)(H,51,53)(H,54,60)(H,55,61)/t39-,40-,41-,42+/m0/s1. The number of hydrogen-bond acceptors (Lipinski definition) is 10. The molecule has 2 aromatic heterocycles. The molecule has 3 fully saturated rings. The van der Waals surface area contributed by atoms with Gasteiger partial charge in [0, 0.05) is 18.5 Å². The fourth-order valence-corrected chi connectivity index (χ4v) is 9.23. The monoisotopic (exact) mass is 880 g/mol. The van der Waals surface area contributed by atoms with Gasteiger partial charge in [0.15, 0.2) is 5.79 Å². The van der Waals surface area contributed by atoms with Crippen molar-refractivity contribution in [3.8, 4) is 33.6 Å². The summed E-state index contributed by atoms with van der Waals surface area (Å²) < 4.78 is 21.7. The van der Waals surface area contributed by atoms with Crippen molar-refractivity contribution in [2.75, 3.05) is 40.5 Å². The van der Waals surface area contributed by atoms with Crippen LogP contribution in [0.25, 0.3) is 44.4 Å². The average Bonchev–Trinajstić information content (AvgIpc) is 4.21. The molecule has 4 atom stereocenters. The molecule has 3 aliphatic heterocycles. The van der Waals surface area contributed by atoms with Crippen LogP contribution in [0.15, 0.2) is 103 Å². The number of ether oxygens (including phenoxy) is 4. The minimum atomic E-state index is -0.939. The Balaban J connectivity index is 0.890. The first-order valence-electron chi connectivity index (χ1n) is 21.9. The second kappa shape index (κ2) is 18.2. The molecule has 0 aliphatic carbocycles. The smallest absolute Gasteiger partial charge is 0.407 e. The summed E-state index contributed by atoms with van der Waals surface area (Å²) in [7, 11) is 2.55. The van der Waals surface area contributed by atoms with Gasteiger partial charge in [-0.1, -0.05) is 92.7 Å². The molecule has 1 spiro atoms. The van der Waals surface area contributed by atoms with Crippen LogP contribution in [0.1, 0.15) is 68.4 Å². The quantitative estimate of drug-likeness (QED) is 0.102. The van der Waals surface area contributed by atoms with Crippen molar-refractivity contribution in [1.82, 2.24) is 40.4 Å². The van der Waals surface area contributed by atoms with E-state index >= 15 is 0 Å². The zero-order valence-corrected chi connectivity index (χ0v) is 36.7. The molecular weight excluding hydrogens is 829 g/mol. The zero-order chi connectivity index (χ0) is 45.2. The number of carbonyl (C=O) groups is 4. The molecular formula is C49H52N8O8. The highest BCUT2D eigenvalue weighted by Crippen LogP contribution is 2.43. The number of nitrogens with one attached hydrogen (secondary N) is 4. The van der Waals surface area contributed by atoms with E-state index in [4.69, 9.17) is 28.9 Å². The Morgan fingerprint density at radius 1 is 0.708 bits per heavy atom. The summed E-state index contributed by atoms with van der Waals surface area (Å²) in [5.41, 5.74) is 6.35. The molecule has 6 aromatic rings. The predicted octanol–water partition coefficient (Wildman–Crippen LogP) is 7.44. The highest BCUT2D eigenvalue weighted by molar-refractivity contribution is 5.91. The van der Waals surface area contributed by atoms with Gasteiger partial charge in [0.1, 0.15) is 23.7 Å². The van der Waals surface area contributed by atoms with Crippen molar-refractivity contribution in [1.29, 1.82) is 0 Å². The van der Waals surface area contributed by atoms with E-state index in [0.717, 1.165) is 57.3 Å². The van der Waals surface area contributed by atoms with Gasteiger partial charge in [-0.3, -0.25) is 9.59 Å². The van der Waals surface area contributed by atoms with Gasteiger partial charge >= 0.3 is 12.2 Å². The minimum Gasteiger partial charge on any atom is -0.453 e. The molecule has 336 valence electrons. The van der Waals surface area contributed by atoms with Crippen LogP contribution in [0, 0.1) is 5.92 Å². The lowest BCUT2D eigenvalue weighted by Crippen LogP contribution is -2.52. The van der Waals surface area contributed by atoms with Crippen molar-refractivity contribution in [2.24, 2.45) is 5.92 Å². The highest BCUT2D eigenvalue weighted by Gasteiger charge is 2.53. The lowest BCUT2D eigenvalue weighted by molar-refractivity contribution is -0.153. The molecule has 4 amide bonds. The molecule has 65 heavy (non-hydrogen) atoms. The largest absolute Gasteiger partial charge is 0.453 e. The third-order valence-electron chi connectivity index (χ3n) is 12.6. The van der Waals surface area contributed by atoms with Crippen LogP contribution in [0.4, 0.5) is 9.59 Å². The van der Waals surface area contributed by atoms with Crippen LogP contribution in [0.2, 0.25) is 0 Å². The van der Waals surface area contributed by atoms with Crippen LogP contribution in [-0.2, 0) is 28.5 Å². The van der Waals surface area contributed by atoms with Gasteiger partial charge in [0.05, 0.1) is 69.8 Å². The van der Waals surface area contributed by atoms with Gasteiger partial charge in [-0.15, -0.1) is 0 Å². The van der Waals surface area contributed by atoms with E-state index in [-0.39, 0.29) is 30.3 Å². The number of likely N-dealkylation sites (tertiary alicyclic amines) is 2. The number of H-pyrrole nitrogens is 2. The summed E-state index contributed by atoms with van der Waals surface area (Å²) in [6.45, 7) is 5.38. The molecule has 4 aromatic carbocycles. The number of rotatable bonds is 11. The summed E-state index contributed by atoms with van der Waals surface area (Å²) in [5.74, 6) is -0.311. The Morgan fingerprint density at radius 2 is 1.29 bits per heavy atom. The number of fused-ring (bicyclic) bond motifs is 1. The van der Waals surface area contributed by atoms with Gasteiger partial charge in [0.2, 0.25) is 5.91 Å². The van der Waals surface area contributed by atoms with E-state index in [1.54, 1.807) is 22.2 Å². The minimum absolute atomic E-state index is 0.195. The molecule has 0 unspecified atom stereocenters. The first kappa shape index (κ1) is 43.2. The van der Waals surface area contributed by atoms with Crippen LogP contribution < -0.4 is 10.6 Å². The fourth-order valence-electron chi connectivity index (χ4n) is 9.23. The van der Waals surface area contributed by atoms with E-state index in [2.05, 4.69) is 81.3 Å². The third kappa shape index (κ3) is 8.78. The molecule has 16 nitrogen and oxygen atoms in total. The highest BCUT2D eigenvalue weighted by atomic mass is 16.7. The van der Waals surface area contributed by atoms with E-state index < -0.39 is 36.1 Å². The lowest BCUT2D eigenvalue weighted by Gasteiger charge is -2.30. The molecule has 3 saturated heterocycles. The lowest BCUT2D eigenvalue weighted by atomic mass is 9.98. The van der Waals surface area contributed by atoms with Crippen molar-refractivity contribution in [3.63, 3.8) is 0 Å². The van der Waals surface area contributed by atoms with Crippen LogP contribution in [0.5, 0.6) is 0 Å². The van der Waals surface area contributed by atoms with Crippen LogP contribution >= 0.6 is 0 Å². The third-order valence-corrected chi connectivity index (χ3v) is 12.6. The van der Waals surface area contributed by atoms with Gasteiger partial charge in [-0.2, -0.15) is 0 Å². The van der Waals surface area contributed by atoms with E-state index in [9.17, 15) is 19.2 Å². The predicted molar refractivity (Wildman–Crippen MR) is 241 cm³/mol. The van der Waals surface area contributed by atoms with Crippen molar-refractivity contribution in [3.05, 3.63) is 121 Å². The first-order chi connectivity index (χ1) is 31.5. The molecule has 16 heteroatoms. The molecule has 3 aliphatic rings. The van der Waals surface area contributed by atoms with E-state index in [1.165, 1.54) is 14.2 Å². The normalized spacial score (nSPS) is 18.8. The van der Waals surface area contributed by atoms with E-state index in [1.807, 2.05) is 44.2 Å². The van der Waals surface area contributed by atoms with Crippen molar-refractivity contribution < 1.29 is 38.1 Å². The Kier molecular flexibility index (Phi) is 12.1. The van der Waals surface area contributed by atoms with Gasteiger partial charge < -0.3 is 49.3 Å². The number of methoxy groups -OCH3 is 2. The summed E-state index contributed by atoms with van der Waals surface area (Å²) in [6, 6.07) is 27.7. The molecule has 9 rings (SSSR count). The fraction of sp³-hybridized carbons (Fsp3) is 0.347. The molecule has 4 N–H and O–H groups in total. The number of benzene rings is 4. The summed E-state index contributed by atoms with van der Waals surface area (Å²) in [4.78, 5) is 72.3. The topological polar surface area (TPSA) is 193 Å². The first-order valence-corrected chi connectivity index (χ1v) is 21.9. The number of imidazole rings is 2. The van der Waals surface area contributed by atoms with Crippen molar-refractivity contribution >= 4 is 34.8 Å². The molecule has 5 heterocycles. The summed E-state index contributed by atoms with van der Waals surface area (Å²) >= 11 is 0. The number of amides is 4. The Labute approximate surface area is 376 Å². The average molecular weight is 881 g/mol. The molecule has 0 saturated carbocycles. The van der Waals surface area contributed by atoms with Crippen molar-refractivity contribution in [2.45, 2.75) is 63.1 Å². The second-order valence-electron chi connectivity index (χ2n) is 17.0. The summed E-state index contributed by atoms with van der Waals surface area (Å²) in [5, 5.41) is 7.54. The number of aromatic nitrogens is 4. The molecule has 0 radical (unpaired) electrons. The number of carbonyl (C=O) groups excluding carboxylic acids is 4. The SMILES string of the molecule is COC(=O)N[C@H](C(=O)N1CC2(C[C@H]1c1ncc(-c3ccc4cc(-c5ccc(-c6cnc([C@@H]7CCCN7C(=O)[C@H](NC(=O)OC)c7ccccc7)[nH]6)cc5)ccc4c3)[nH]1)OCCO2)C(C)C. The van der Waals surface area contributed by atoms with Crippen LogP contribution in [0.3, 0.4) is 0 Å². The van der Waals surface area contributed by atoms with E-state index in [0.29, 0.717) is 43.4 Å². The summed E-state index contributed by atoms with van der Waals surface area (Å²) in [6.07, 6.45) is 4.19. The maximum absolute atomic E-state index is 14.0. The maximum atomic E-state index is 14.0. The van der Waals surface area contributed by atoms with Gasteiger partial charge in [0.25, 0.3) is 5.91 Å². The maximum Gasteiger partial charge on any atom is 0.407 e. The number of hydrogen-bond donors (Lipinski definition) is 4. The van der Waals surface area contributed by atoms with Gasteiger partial charge in [-0.05, 0) is 63.9 Å². The zero-order valence-electron chi connectivity index (χ0n) is 36.7. The number of aromatic amines is 2. The Bertz CT molecular complexity index is 2690. The Hall–Kier alpha value is -7.04. The number of alkyl carbamates (subject to hydrolysis) is 2.